The Labute approximate surface area is 192 Å². The molecule has 1 aromatic heterocycles. The van der Waals surface area contributed by atoms with Crippen molar-refractivity contribution in [2.75, 3.05) is 26.1 Å². The van der Waals surface area contributed by atoms with Crippen molar-refractivity contribution in [2.24, 2.45) is 0 Å². The van der Waals surface area contributed by atoms with Gasteiger partial charge in [-0.2, -0.15) is 0 Å². The Morgan fingerprint density at radius 3 is 2.41 bits per heavy atom. The lowest BCUT2D eigenvalue weighted by Gasteiger charge is -2.17. The standard InChI is InChI=1S/C27H26N2O2S/c1-16-14-22-19-13-12-18(30-5)15-23(19)28-26(22)17(2)27(16)31-32-25-11-7-8-20-21(25)9-6-10-24(20)29(3)4/h6-15,28H,1-5H3. The first-order valence-corrected chi connectivity index (χ1v) is 11.4. The van der Waals surface area contributed by atoms with Gasteiger partial charge in [-0.15, -0.1) is 0 Å². The number of H-pyrrole nitrogens is 1. The Bertz CT molecular complexity index is 1470. The van der Waals surface area contributed by atoms with Crippen LogP contribution in [0.2, 0.25) is 0 Å². The van der Waals surface area contributed by atoms with E-state index in [0.29, 0.717) is 0 Å². The third kappa shape index (κ3) is 3.33. The fourth-order valence-corrected chi connectivity index (χ4v) is 5.24. The largest absolute Gasteiger partial charge is 0.497 e. The number of rotatable bonds is 5. The molecule has 0 radical (unpaired) electrons. The van der Waals surface area contributed by atoms with E-state index in [1.54, 1.807) is 7.11 Å². The zero-order chi connectivity index (χ0) is 22.4. The van der Waals surface area contributed by atoms with Crippen molar-refractivity contribution in [1.29, 1.82) is 0 Å². The molecule has 1 N–H and O–H groups in total. The van der Waals surface area contributed by atoms with Crippen molar-refractivity contribution in [3.63, 3.8) is 0 Å². The normalized spacial score (nSPS) is 11.4. The summed E-state index contributed by atoms with van der Waals surface area (Å²) in [6.45, 7) is 4.23. The lowest BCUT2D eigenvalue weighted by Crippen LogP contribution is -2.08. The lowest BCUT2D eigenvalue weighted by atomic mass is 10.0. The van der Waals surface area contributed by atoms with Crippen LogP contribution in [0.1, 0.15) is 11.1 Å². The van der Waals surface area contributed by atoms with Crippen molar-refractivity contribution in [2.45, 2.75) is 18.7 Å². The quantitative estimate of drug-likeness (QED) is 0.291. The maximum atomic E-state index is 6.37. The molecule has 5 rings (SSSR count). The summed E-state index contributed by atoms with van der Waals surface area (Å²) in [6, 6.07) is 21.1. The number of anilines is 1. The van der Waals surface area contributed by atoms with Gasteiger partial charge in [0.15, 0.2) is 0 Å². The van der Waals surface area contributed by atoms with E-state index < -0.39 is 0 Å². The van der Waals surface area contributed by atoms with Crippen LogP contribution in [0, 0.1) is 13.8 Å². The molecule has 4 nitrogen and oxygen atoms in total. The number of nitrogens with one attached hydrogen (secondary N) is 1. The number of aryl methyl sites for hydroxylation is 2. The van der Waals surface area contributed by atoms with E-state index in [1.165, 1.54) is 39.3 Å². The van der Waals surface area contributed by atoms with Gasteiger partial charge in [0.05, 0.1) is 35.1 Å². The summed E-state index contributed by atoms with van der Waals surface area (Å²) in [6.07, 6.45) is 0. The molecule has 162 valence electrons. The first-order valence-electron chi connectivity index (χ1n) is 10.6. The van der Waals surface area contributed by atoms with Crippen molar-refractivity contribution in [3.8, 4) is 11.5 Å². The fourth-order valence-electron chi connectivity index (χ4n) is 4.40. The van der Waals surface area contributed by atoms with Gasteiger partial charge >= 0.3 is 0 Å². The minimum atomic E-state index is 0.846. The van der Waals surface area contributed by atoms with E-state index in [2.05, 4.69) is 86.4 Å². The number of methoxy groups -OCH3 is 1. The highest BCUT2D eigenvalue weighted by molar-refractivity contribution is 7.95. The zero-order valence-electron chi connectivity index (χ0n) is 18.9. The van der Waals surface area contributed by atoms with E-state index in [-0.39, 0.29) is 0 Å². The molecule has 0 aliphatic rings. The number of ether oxygens (including phenoxy) is 1. The molecule has 0 spiro atoms. The maximum absolute atomic E-state index is 6.37. The van der Waals surface area contributed by atoms with E-state index in [1.807, 2.05) is 12.1 Å². The van der Waals surface area contributed by atoms with Gasteiger partial charge in [0.1, 0.15) is 11.5 Å². The van der Waals surface area contributed by atoms with Crippen LogP contribution in [0.4, 0.5) is 5.69 Å². The van der Waals surface area contributed by atoms with Gasteiger partial charge in [0, 0.05) is 53.0 Å². The summed E-state index contributed by atoms with van der Waals surface area (Å²) >= 11 is 1.42. The zero-order valence-corrected chi connectivity index (χ0v) is 19.8. The minimum absolute atomic E-state index is 0.846. The fraction of sp³-hybridized carbons (Fsp3) is 0.185. The number of nitrogens with zero attached hydrogens (tertiary/aromatic N) is 1. The molecule has 4 aromatic carbocycles. The van der Waals surface area contributed by atoms with E-state index in [0.717, 1.165) is 38.6 Å². The molecular weight excluding hydrogens is 416 g/mol. The Hall–Kier alpha value is -3.31. The van der Waals surface area contributed by atoms with Crippen LogP contribution in [0.5, 0.6) is 11.5 Å². The average Bonchev–Trinajstić information content (AvgIpc) is 3.16. The summed E-state index contributed by atoms with van der Waals surface area (Å²) < 4.78 is 11.8. The van der Waals surface area contributed by atoms with Gasteiger partial charge in [-0.3, -0.25) is 0 Å². The number of aromatic nitrogens is 1. The smallest absolute Gasteiger partial charge is 0.145 e. The summed E-state index contributed by atoms with van der Waals surface area (Å²) in [5.74, 6) is 1.75. The number of aromatic amines is 1. The van der Waals surface area contributed by atoms with Crippen LogP contribution in [0.3, 0.4) is 0 Å². The highest BCUT2D eigenvalue weighted by Gasteiger charge is 2.16. The van der Waals surface area contributed by atoms with Crippen LogP contribution in [-0.4, -0.2) is 26.2 Å². The maximum Gasteiger partial charge on any atom is 0.145 e. The molecule has 0 aliphatic heterocycles. The van der Waals surface area contributed by atoms with Gasteiger partial charge < -0.3 is 18.8 Å². The second-order valence-corrected chi connectivity index (χ2v) is 9.07. The third-order valence-corrected chi connectivity index (χ3v) is 6.82. The van der Waals surface area contributed by atoms with Crippen LogP contribution in [0.25, 0.3) is 32.6 Å². The van der Waals surface area contributed by atoms with Crippen LogP contribution < -0.4 is 13.8 Å². The second kappa shape index (κ2) is 7.99. The molecule has 5 aromatic rings. The Morgan fingerprint density at radius 1 is 0.844 bits per heavy atom. The minimum Gasteiger partial charge on any atom is -0.497 e. The summed E-state index contributed by atoms with van der Waals surface area (Å²) in [7, 11) is 5.84. The molecule has 0 atom stereocenters. The molecule has 0 saturated heterocycles. The van der Waals surface area contributed by atoms with Gasteiger partial charge in [0.25, 0.3) is 0 Å². The summed E-state index contributed by atoms with van der Waals surface area (Å²) in [5.41, 5.74) is 5.59. The lowest BCUT2D eigenvalue weighted by molar-refractivity contribution is 0.415. The van der Waals surface area contributed by atoms with Crippen molar-refractivity contribution < 1.29 is 8.92 Å². The van der Waals surface area contributed by atoms with E-state index >= 15 is 0 Å². The van der Waals surface area contributed by atoms with Crippen LogP contribution >= 0.6 is 12.0 Å². The summed E-state index contributed by atoms with van der Waals surface area (Å²) in [4.78, 5) is 6.81. The van der Waals surface area contributed by atoms with Gasteiger partial charge in [-0.25, -0.2) is 0 Å². The summed E-state index contributed by atoms with van der Waals surface area (Å²) in [5, 5.41) is 4.81. The molecule has 5 heteroatoms. The van der Waals surface area contributed by atoms with E-state index in [9.17, 15) is 0 Å². The van der Waals surface area contributed by atoms with Crippen molar-refractivity contribution >= 4 is 50.3 Å². The monoisotopic (exact) mass is 442 g/mol. The molecular formula is C27H26N2O2S. The number of fused-ring (bicyclic) bond motifs is 4. The predicted octanol–water partition coefficient (Wildman–Crippen LogP) is 7.25. The molecule has 0 amide bonds. The molecule has 0 fully saturated rings. The van der Waals surface area contributed by atoms with Gasteiger partial charge in [-0.05, 0) is 49.7 Å². The number of hydrogen-bond acceptors (Lipinski definition) is 4. The van der Waals surface area contributed by atoms with Crippen molar-refractivity contribution in [1.82, 2.24) is 4.98 Å². The van der Waals surface area contributed by atoms with Crippen LogP contribution in [0.15, 0.2) is 65.6 Å². The number of hydrogen-bond donors (Lipinski definition) is 1. The Morgan fingerprint density at radius 2 is 1.62 bits per heavy atom. The van der Waals surface area contributed by atoms with Gasteiger partial charge in [0.2, 0.25) is 0 Å². The topological polar surface area (TPSA) is 37.5 Å². The average molecular weight is 443 g/mol. The molecule has 0 saturated carbocycles. The predicted molar refractivity (Wildman–Crippen MR) is 137 cm³/mol. The van der Waals surface area contributed by atoms with Gasteiger partial charge in [-0.1, -0.05) is 24.3 Å². The Balaban J connectivity index is 1.55. The van der Waals surface area contributed by atoms with E-state index in [4.69, 9.17) is 8.92 Å². The first kappa shape index (κ1) is 20.6. The molecule has 0 aliphatic carbocycles. The number of benzene rings is 4. The highest BCUT2D eigenvalue weighted by atomic mass is 32.2. The molecule has 0 unspecified atom stereocenters. The Kier molecular flexibility index (Phi) is 5.14. The SMILES string of the molecule is COc1ccc2c(c1)[nH]c1c(C)c(OSc3cccc4c(N(C)C)cccc34)c(C)cc12. The second-order valence-electron chi connectivity index (χ2n) is 8.30. The van der Waals surface area contributed by atoms with Crippen molar-refractivity contribution in [3.05, 3.63) is 71.8 Å². The molecule has 1 heterocycles. The first-order chi connectivity index (χ1) is 15.5. The highest BCUT2D eigenvalue weighted by Crippen LogP contribution is 2.40. The van der Waals surface area contributed by atoms with Crippen LogP contribution in [-0.2, 0) is 0 Å². The molecule has 0 bridgehead atoms. The molecule has 32 heavy (non-hydrogen) atoms. The third-order valence-electron chi connectivity index (χ3n) is 6.04.